The standard InChI is InChI=1S/C16H13IOS/c1-16(18,12-5-7-13(17)8-6-12)14-4-2-3-11-9-10-19-15(11)14/h2-10,18H,1H3. The maximum absolute atomic E-state index is 11.0. The Morgan fingerprint density at radius 2 is 1.79 bits per heavy atom. The van der Waals surface area contributed by atoms with Gasteiger partial charge in [-0.2, -0.15) is 0 Å². The van der Waals surface area contributed by atoms with E-state index in [9.17, 15) is 5.11 Å². The topological polar surface area (TPSA) is 20.2 Å². The lowest BCUT2D eigenvalue weighted by Crippen LogP contribution is -2.22. The van der Waals surface area contributed by atoms with Gasteiger partial charge in [-0.1, -0.05) is 30.3 Å². The zero-order valence-corrected chi connectivity index (χ0v) is 13.4. The van der Waals surface area contributed by atoms with Crippen LogP contribution in [-0.4, -0.2) is 5.11 Å². The fourth-order valence-electron chi connectivity index (χ4n) is 2.31. The van der Waals surface area contributed by atoms with Crippen molar-refractivity contribution in [2.45, 2.75) is 12.5 Å². The summed E-state index contributed by atoms with van der Waals surface area (Å²) in [6.07, 6.45) is 0. The molecule has 0 saturated heterocycles. The monoisotopic (exact) mass is 380 g/mol. The molecule has 0 aliphatic heterocycles. The lowest BCUT2D eigenvalue weighted by Gasteiger charge is -2.25. The van der Waals surface area contributed by atoms with Crippen molar-refractivity contribution in [3.8, 4) is 0 Å². The van der Waals surface area contributed by atoms with Crippen molar-refractivity contribution < 1.29 is 5.11 Å². The maximum atomic E-state index is 11.0. The second-order valence-electron chi connectivity index (χ2n) is 4.72. The predicted molar refractivity (Wildman–Crippen MR) is 89.7 cm³/mol. The molecule has 3 aromatic rings. The molecule has 0 aliphatic rings. The van der Waals surface area contributed by atoms with Crippen LogP contribution in [0.4, 0.5) is 0 Å². The first kappa shape index (κ1) is 13.1. The SMILES string of the molecule is CC(O)(c1ccc(I)cc1)c1cccc2ccsc12. The van der Waals surface area contributed by atoms with Crippen LogP contribution in [0.1, 0.15) is 18.1 Å². The second kappa shape index (κ2) is 4.89. The summed E-state index contributed by atoms with van der Waals surface area (Å²) in [7, 11) is 0. The molecular formula is C16H13IOS. The van der Waals surface area contributed by atoms with Crippen molar-refractivity contribution in [3.05, 3.63) is 68.6 Å². The van der Waals surface area contributed by atoms with Crippen LogP contribution in [0.5, 0.6) is 0 Å². The number of benzene rings is 2. The van der Waals surface area contributed by atoms with Gasteiger partial charge in [-0.3, -0.25) is 0 Å². The lowest BCUT2D eigenvalue weighted by molar-refractivity contribution is 0.104. The Hall–Kier alpha value is -0.910. The Labute approximate surface area is 130 Å². The van der Waals surface area contributed by atoms with E-state index in [1.165, 1.54) is 8.96 Å². The van der Waals surface area contributed by atoms with Crippen molar-refractivity contribution in [1.29, 1.82) is 0 Å². The van der Waals surface area contributed by atoms with E-state index in [4.69, 9.17) is 0 Å². The average Bonchev–Trinajstić information content (AvgIpc) is 2.87. The van der Waals surface area contributed by atoms with Gasteiger partial charge in [0, 0.05) is 13.8 Å². The highest BCUT2D eigenvalue weighted by molar-refractivity contribution is 14.1. The zero-order chi connectivity index (χ0) is 13.5. The fraction of sp³-hybridized carbons (Fsp3) is 0.125. The quantitative estimate of drug-likeness (QED) is 0.636. The van der Waals surface area contributed by atoms with Crippen LogP contribution in [0.3, 0.4) is 0 Å². The summed E-state index contributed by atoms with van der Waals surface area (Å²) in [6, 6.07) is 16.2. The lowest BCUT2D eigenvalue weighted by atomic mass is 9.88. The van der Waals surface area contributed by atoms with E-state index in [0.717, 1.165) is 15.8 Å². The molecule has 1 aromatic heterocycles. The second-order valence-corrected chi connectivity index (χ2v) is 6.89. The number of hydrogen-bond donors (Lipinski definition) is 1. The van der Waals surface area contributed by atoms with E-state index in [0.29, 0.717) is 0 Å². The Morgan fingerprint density at radius 1 is 1.05 bits per heavy atom. The van der Waals surface area contributed by atoms with E-state index in [2.05, 4.69) is 40.1 Å². The van der Waals surface area contributed by atoms with Crippen molar-refractivity contribution in [2.24, 2.45) is 0 Å². The predicted octanol–water partition coefficient (Wildman–Crippen LogP) is 4.76. The normalized spacial score (nSPS) is 14.5. The number of hydrogen-bond acceptors (Lipinski definition) is 2. The number of rotatable bonds is 2. The smallest absolute Gasteiger partial charge is 0.113 e. The molecule has 0 fully saturated rings. The molecule has 2 aromatic carbocycles. The van der Waals surface area contributed by atoms with Crippen LogP contribution in [0, 0.1) is 3.57 Å². The summed E-state index contributed by atoms with van der Waals surface area (Å²) >= 11 is 3.95. The minimum atomic E-state index is -0.964. The van der Waals surface area contributed by atoms with Gasteiger partial charge < -0.3 is 5.11 Å². The molecule has 0 aliphatic carbocycles. The first-order valence-electron chi connectivity index (χ1n) is 6.04. The van der Waals surface area contributed by atoms with Gasteiger partial charge in [0.25, 0.3) is 0 Å². The van der Waals surface area contributed by atoms with Crippen LogP contribution in [0.2, 0.25) is 0 Å². The van der Waals surface area contributed by atoms with Gasteiger partial charge in [-0.05, 0) is 64.0 Å². The highest BCUT2D eigenvalue weighted by atomic mass is 127. The highest BCUT2D eigenvalue weighted by Crippen LogP contribution is 2.36. The van der Waals surface area contributed by atoms with E-state index in [1.807, 2.05) is 43.3 Å². The summed E-state index contributed by atoms with van der Waals surface area (Å²) < 4.78 is 2.33. The van der Waals surface area contributed by atoms with Crippen LogP contribution in [0.15, 0.2) is 53.9 Å². The van der Waals surface area contributed by atoms with Gasteiger partial charge >= 0.3 is 0 Å². The molecule has 1 heterocycles. The van der Waals surface area contributed by atoms with Crippen LogP contribution in [0.25, 0.3) is 10.1 Å². The van der Waals surface area contributed by atoms with E-state index in [-0.39, 0.29) is 0 Å². The molecule has 1 atom stereocenters. The summed E-state index contributed by atoms with van der Waals surface area (Å²) in [4.78, 5) is 0. The number of aliphatic hydroxyl groups is 1. The molecule has 1 unspecified atom stereocenters. The zero-order valence-electron chi connectivity index (χ0n) is 10.4. The number of fused-ring (bicyclic) bond motifs is 1. The summed E-state index contributed by atoms with van der Waals surface area (Å²) in [5.41, 5.74) is 0.935. The van der Waals surface area contributed by atoms with Crippen LogP contribution < -0.4 is 0 Å². The van der Waals surface area contributed by atoms with Gasteiger partial charge in [-0.15, -0.1) is 11.3 Å². The molecule has 0 spiro atoms. The highest BCUT2D eigenvalue weighted by Gasteiger charge is 2.27. The average molecular weight is 380 g/mol. The molecule has 0 saturated carbocycles. The summed E-state index contributed by atoms with van der Waals surface area (Å²) in [5, 5.41) is 14.2. The third-order valence-corrected chi connectivity index (χ3v) is 5.09. The van der Waals surface area contributed by atoms with Gasteiger partial charge in [0.2, 0.25) is 0 Å². The molecule has 19 heavy (non-hydrogen) atoms. The first-order chi connectivity index (χ1) is 9.09. The Morgan fingerprint density at radius 3 is 2.53 bits per heavy atom. The fourth-order valence-corrected chi connectivity index (χ4v) is 3.68. The van der Waals surface area contributed by atoms with Gasteiger partial charge in [-0.25, -0.2) is 0 Å². The number of halogens is 1. The Bertz CT molecular complexity index is 713. The van der Waals surface area contributed by atoms with Gasteiger partial charge in [0.05, 0.1) is 0 Å². The largest absolute Gasteiger partial charge is 0.381 e. The summed E-state index contributed by atoms with van der Waals surface area (Å²) in [6.45, 7) is 1.86. The molecule has 0 bridgehead atoms. The van der Waals surface area contributed by atoms with E-state index >= 15 is 0 Å². The molecular weight excluding hydrogens is 367 g/mol. The molecule has 1 N–H and O–H groups in total. The van der Waals surface area contributed by atoms with Crippen LogP contribution >= 0.6 is 33.9 Å². The minimum Gasteiger partial charge on any atom is -0.381 e. The van der Waals surface area contributed by atoms with E-state index < -0.39 is 5.60 Å². The minimum absolute atomic E-state index is 0.925. The molecule has 3 rings (SSSR count). The van der Waals surface area contributed by atoms with Gasteiger partial charge in [0.15, 0.2) is 0 Å². The number of thiophene rings is 1. The molecule has 1 nitrogen and oxygen atoms in total. The van der Waals surface area contributed by atoms with Crippen molar-refractivity contribution >= 4 is 44.0 Å². The Balaban J connectivity index is 2.18. The Kier molecular flexibility index (Phi) is 3.37. The van der Waals surface area contributed by atoms with Crippen molar-refractivity contribution in [2.75, 3.05) is 0 Å². The van der Waals surface area contributed by atoms with Crippen molar-refractivity contribution in [3.63, 3.8) is 0 Å². The molecule has 3 heteroatoms. The first-order valence-corrected chi connectivity index (χ1v) is 8.00. The van der Waals surface area contributed by atoms with E-state index in [1.54, 1.807) is 11.3 Å². The third kappa shape index (κ3) is 2.30. The molecule has 0 amide bonds. The van der Waals surface area contributed by atoms with Crippen LogP contribution in [-0.2, 0) is 5.60 Å². The summed E-state index contributed by atoms with van der Waals surface area (Å²) in [5.74, 6) is 0. The molecule has 96 valence electrons. The maximum Gasteiger partial charge on any atom is 0.113 e. The molecule has 0 radical (unpaired) electrons. The van der Waals surface area contributed by atoms with Gasteiger partial charge in [0.1, 0.15) is 5.60 Å². The third-order valence-electron chi connectivity index (χ3n) is 3.41. The van der Waals surface area contributed by atoms with Crippen molar-refractivity contribution in [1.82, 2.24) is 0 Å².